The summed E-state index contributed by atoms with van der Waals surface area (Å²) in [7, 11) is 0. The minimum Gasteiger partial charge on any atom is -0.395 e. The van der Waals surface area contributed by atoms with Crippen LogP contribution in [0, 0.1) is 11.8 Å². The van der Waals surface area contributed by atoms with Crippen molar-refractivity contribution in [2.45, 2.75) is 25.7 Å². The third kappa shape index (κ3) is 4.66. The SMILES string of the molecule is O=C(Nc1cc(C#CCCO)ccc1Cl)N1CCCCC1. The molecule has 1 aliphatic heterocycles. The summed E-state index contributed by atoms with van der Waals surface area (Å²) in [5.74, 6) is 5.78. The topological polar surface area (TPSA) is 52.6 Å². The van der Waals surface area contributed by atoms with Crippen molar-refractivity contribution in [2.75, 3.05) is 25.0 Å². The standard InChI is InChI=1S/C16H19ClN2O2/c17-14-8-7-13(6-2-5-11-20)12-15(14)18-16(21)19-9-3-1-4-10-19/h7-8,12,20H,1,3-5,9-11H2,(H,18,21). The molecule has 1 heterocycles. The summed E-state index contributed by atoms with van der Waals surface area (Å²) in [5.41, 5.74) is 1.34. The van der Waals surface area contributed by atoms with E-state index in [1.807, 2.05) is 4.90 Å². The van der Waals surface area contributed by atoms with Crippen LogP contribution in [0.15, 0.2) is 18.2 Å². The summed E-state index contributed by atoms with van der Waals surface area (Å²) in [6.07, 6.45) is 3.71. The third-order valence-electron chi connectivity index (χ3n) is 3.32. The second-order valence-electron chi connectivity index (χ2n) is 4.95. The maximum atomic E-state index is 12.2. The van der Waals surface area contributed by atoms with Gasteiger partial charge in [-0.2, -0.15) is 0 Å². The quantitative estimate of drug-likeness (QED) is 0.825. The van der Waals surface area contributed by atoms with Gasteiger partial charge >= 0.3 is 6.03 Å². The molecule has 2 N–H and O–H groups in total. The number of anilines is 1. The molecule has 1 aromatic rings. The molecule has 0 saturated carbocycles. The zero-order valence-corrected chi connectivity index (χ0v) is 12.6. The number of nitrogens with zero attached hydrogens (tertiary/aromatic N) is 1. The predicted octanol–water partition coefficient (Wildman–Crippen LogP) is 3.09. The van der Waals surface area contributed by atoms with Crippen LogP contribution < -0.4 is 5.32 Å². The first-order valence-electron chi connectivity index (χ1n) is 7.16. The molecule has 0 atom stereocenters. The average Bonchev–Trinajstić information content (AvgIpc) is 2.51. The molecular formula is C16H19ClN2O2. The molecule has 4 nitrogen and oxygen atoms in total. The molecule has 0 aromatic heterocycles. The van der Waals surface area contributed by atoms with Crippen molar-refractivity contribution in [1.29, 1.82) is 0 Å². The molecule has 1 fully saturated rings. The highest BCUT2D eigenvalue weighted by atomic mass is 35.5. The van der Waals surface area contributed by atoms with Crippen LogP contribution in [-0.2, 0) is 0 Å². The summed E-state index contributed by atoms with van der Waals surface area (Å²) in [6, 6.07) is 5.16. The van der Waals surface area contributed by atoms with Crippen LogP contribution in [0.25, 0.3) is 0 Å². The maximum Gasteiger partial charge on any atom is 0.321 e. The van der Waals surface area contributed by atoms with Gasteiger partial charge in [-0.05, 0) is 37.5 Å². The van der Waals surface area contributed by atoms with Gasteiger partial charge < -0.3 is 15.3 Å². The fraction of sp³-hybridized carbons (Fsp3) is 0.438. The largest absolute Gasteiger partial charge is 0.395 e. The number of aliphatic hydroxyl groups is 1. The Bertz CT molecular complexity index is 557. The van der Waals surface area contributed by atoms with Crippen LogP contribution in [0.2, 0.25) is 5.02 Å². The summed E-state index contributed by atoms with van der Waals surface area (Å²) in [6.45, 7) is 1.62. The molecule has 2 amide bonds. The molecule has 21 heavy (non-hydrogen) atoms. The van der Waals surface area contributed by atoms with Crippen molar-refractivity contribution < 1.29 is 9.90 Å². The van der Waals surface area contributed by atoms with Crippen molar-refractivity contribution in [3.05, 3.63) is 28.8 Å². The number of aliphatic hydroxyl groups excluding tert-OH is 1. The van der Waals surface area contributed by atoms with Crippen LogP contribution in [-0.4, -0.2) is 35.7 Å². The molecule has 2 rings (SSSR count). The van der Waals surface area contributed by atoms with Gasteiger partial charge in [-0.15, -0.1) is 0 Å². The summed E-state index contributed by atoms with van der Waals surface area (Å²) < 4.78 is 0. The van der Waals surface area contributed by atoms with Gasteiger partial charge in [0.2, 0.25) is 0 Å². The Kier molecular flexibility index (Phi) is 5.91. The van der Waals surface area contributed by atoms with Crippen molar-refractivity contribution in [2.24, 2.45) is 0 Å². The number of hydrogen-bond donors (Lipinski definition) is 2. The Morgan fingerprint density at radius 3 is 2.81 bits per heavy atom. The summed E-state index contributed by atoms with van der Waals surface area (Å²) in [5, 5.41) is 12.1. The molecule has 1 saturated heterocycles. The molecule has 0 radical (unpaired) electrons. The molecule has 1 aliphatic rings. The normalized spacial score (nSPS) is 14.3. The van der Waals surface area contributed by atoms with E-state index in [0.717, 1.165) is 31.5 Å². The van der Waals surface area contributed by atoms with Gasteiger partial charge in [0, 0.05) is 25.1 Å². The van der Waals surface area contributed by atoms with Crippen LogP contribution >= 0.6 is 11.6 Å². The zero-order chi connectivity index (χ0) is 15.1. The number of amides is 2. The predicted molar refractivity (Wildman–Crippen MR) is 84.5 cm³/mol. The smallest absolute Gasteiger partial charge is 0.321 e. The van der Waals surface area contributed by atoms with Crippen LogP contribution in [0.5, 0.6) is 0 Å². The first-order valence-corrected chi connectivity index (χ1v) is 7.53. The minimum absolute atomic E-state index is 0.0408. The molecule has 0 unspecified atom stereocenters. The summed E-state index contributed by atoms with van der Waals surface area (Å²) in [4.78, 5) is 14.0. The van der Waals surface area contributed by atoms with Gasteiger partial charge in [-0.1, -0.05) is 23.4 Å². The zero-order valence-electron chi connectivity index (χ0n) is 11.9. The van der Waals surface area contributed by atoms with Crippen LogP contribution in [0.4, 0.5) is 10.5 Å². The Morgan fingerprint density at radius 1 is 1.33 bits per heavy atom. The first-order chi connectivity index (χ1) is 10.2. The lowest BCUT2D eigenvalue weighted by Gasteiger charge is -2.27. The monoisotopic (exact) mass is 306 g/mol. The van der Waals surface area contributed by atoms with Gasteiger partial charge in [0.05, 0.1) is 17.3 Å². The molecule has 0 spiro atoms. The number of carbonyl (C=O) groups is 1. The van der Waals surface area contributed by atoms with E-state index in [1.165, 1.54) is 6.42 Å². The molecular weight excluding hydrogens is 288 g/mol. The van der Waals surface area contributed by atoms with Crippen molar-refractivity contribution in [1.82, 2.24) is 4.90 Å². The van der Waals surface area contributed by atoms with Gasteiger partial charge in [0.1, 0.15) is 0 Å². The van der Waals surface area contributed by atoms with Crippen molar-refractivity contribution in [3.63, 3.8) is 0 Å². The third-order valence-corrected chi connectivity index (χ3v) is 3.65. The average molecular weight is 307 g/mol. The minimum atomic E-state index is -0.114. The second-order valence-corrected chi connectivity index (χ2v) is 5.36. The van der Waals surface area contributed by atoms with E-state index in [0.29, 0.717) is 17.1 Å². The highest BCUT2D eigenvalue weighted by molar-refractivity contribution is 6.33. The van der Waals surface area contributed by atoms with E-state index in [-0.39, 0.29) is 12.6 Å². The lowest BCUT2D eigenvalue weighted by molar-refractivity contribution is 0.200. The summed E-state index contributed by atoms with van der Waals surface area (Å²) >= 11 is 6.12. The Morgan fingerprint density at radius 2 is 2.10 bits per heavy atom. The Labute approximate surface area is 130 Å². The van der Waals surface area contributed by atoms with E-state index >= 15 is 0 Å². The molecule has 112 valence electrons. The Balaban J connectivity index is 2.06. The lowest BCUT2D eigenvalue weighted by atomic mass is 10.1. The lowest BCUT2D eigenvalue weighted by Crippen LogP contribution is -2.38. The molecule has 0 aliphatic carbocycles. The van der Waals surface area contributed by atoms with Gasteiger partial charge in [0.15, 0.2) is 0 Å². The number of piperidine rings is 1. The van der Waals surface area contributed by atoms with Gasteiger partial charge in [-0.3, -0.25) is 0 Å². The maximum absolute atomic E-state index is 12.2. The first kappa shape index (κ1) is 15.7. The van der Waals surface area contributed by atoms with Crippen LogP contribution in [0.3, 0.4) is 0 Å². The number of nitrogens with one attached hydrogen (secondary N) is 1. The number of hydrogen-bond acceptors (Lipinski definition) is 2. The number of rotatable bonds is 2. The number of benzene rings is 1. The number of carbonyl (C=O) groups excluding carboxylic acids is 1. The highest BCUT2D eigenvalue weighted by Crippen LogP contribution is 2.23. The Hall–Kier alpha value is -1.70. The highest BCUT2D eigenvalue weighted by Gasteiger charge is 2.17. The number of halogens is 1. The van der Waals surface area contributed by atoms with E-state index in [2.05, 4.69) is 17.2 Å². The molecule has 1 aromatic carbocycles. The van der Waals surface area contributed by atoms with E-state index in [4.69, 9.17) is 16.7 Å². The number of likely N-dealkylation sites (tertiary alicyclic amines) is 1. The fourth-order valence-electron chi connectivity index (χ4n) is 2.21. The molecule has 0 bridgehead atoms. The fourth-order valence-corrected chi connectivity index (χ4v) is 2.38. The molecule has 5 heteroatoms. The number of urea groups is 1. The van der Waals surface area contributed by atoms with E-state index in [1.54, 1.807) is 18.2 Å². The van der Waals surface area contributed by atoms with Gasteiger partial charge in [0.25, 0.3) is 0 Å². The van der Waals surface area contributed by atoms with Gasteiger partial charge in [-0.25, -0.2) is 4.79 Å². The van der Waals surface area contributed by atoms with E-state index in [9.17, 15) is 4.79 Å². The van der Waals surface area contributed by atoms with E-state index < -0.39 is 0 Å². The second kappa shape index (κ2) is 7.92. The van der Waals surface area contributed by atoms with Crippen LogP contribution in [0.1, 0.15) is 31.2 Å². The van der Waals surface area contributed by atoms with Crippen molar-refractivity contribution >= 4 is 23.3 Å². The van der Waals surface area contributed by atoms with Crippen molar-refractivity contribution in [3.8, 4) is 11.8 Å².